The van der Waals surface area contributed by atoms with Crippen LogP contribution in [0.3, 0.4) is 0 Å². The molecule has 0 aliphatic heterocycles. The molecule has 2 N–H and O–H groups in total. The Bertz CT molecular complexity index is 1020. The largest absolute Gasteiger partial charge is 0.322 e. The van der Waals surface area contributed by atoms with E-state index in [4.69, 9.17) is 23.2 Å². The van der Waals surface area contributed by atoms with Crippen molar-refractivity contribution in [1.82, 2.24) is 4.72 Å². The molecule has 0 spiro atoms. The zero-order valence-electron chi connectivity index (χ0n) is 15.1. The van der Waals surface area contributed by atoms with Gasteiger partial charge in [-0.3, -0.25) is 4.79 Å². The Balaban J connectivity index is 1.83. The Hall–Kier alpha value is -1.74. The smallest absolute Gasteiger partial charge is 0.255 e. The molecule has 2 aromatic rings. The van der Waals surface area contributed by atoms with Gasteiger partial charge in [0.05, 0.1) is 10.0 Å². The number of benzene rings is 2. The van der Waals surface area contributed by atoms with Crippen molar-refractivity contribution in [2.75, 3.05) is 5.32 Å². The van der Waals surface area contributed by atoms with E-state index in [-0.39, 0.29) is 27.2 Å². The third kappa shape index (κ3) is 5.25. The van der Waals surface area contributed by atoms with Gasteiger partial charge in [0.25, 0.3) is 5.91 Å². The number of hydrogen-bond acceptors (Lipinski definition) is 3. The van der Waals surface area contributed by atoms with Crippen LogP contribution >= 0.6 is 23.2 Å². The summed E-state index contributed by atoms with van der Waals surface area (Å²) in [6.07, 6.45) is 4.45. The molecule has 0 unspecified atom stereocenters. The average Bonchev–Trinajstić information content (AvgIpc) is 2.66. The molecule has 156 valence electrons. The zero-order chi connectivity index (χ0) is 21.2. The van der Waals surface area contributed by atoms with Crippen molar-refractivity contribution >= 4 is 44.8 Å². The Morgan fingerprint density at radius 1 is 1.00 bits per heavy atom. The van der Waals surface area contributed by atoms with Gasteiger partial charge in [-0.25, -0.2) is 21.9 Å². The summed E-state index contributed by atoms with van der Waals surface area (Å²) in [7, 11) is -3.93. The lowest BCUT2D eigenvalue weighted by atomic mass is 9.96. The van der Waals surface area contributed by atoms with Gasteiger partial charge in [0.1, 0.15) is 4.90 Å². The molecule has 0 radical (unpaired) electrons. The molecular formula is C19H18Cl2F2N2O3S. The molecule has 0 heterocycles. The second-order valence-corrected chi connectivity index (χ2v) is 9.31. The van der Waals surface area contributed by atoms with Gasteiger partial charge in [0.15, 0.2) is 11.6 Å². The molecule has 0 aromatic heterocycles. The molecule has 2 aromatic carbocycles. The summed E-state index contributed by atoms with van der Waals surface area (Å²) >= 11 is 11.6. The molecule has 1 fully saturated rings. The fourth-order valence-electron chi connectivity index (χ4n) is 3.18. The van der Waals surface area contributed by atoms with E-state index in [2.05, 4.69) is 10.0 Å². The fraction of sp³-hybridized carbons (Fsp3) is 0.316. The van der Waals surface area contributed by atoms with Crippen LogP contribution in [0.2, 0.25) is 10.0 Å². The van der Waals surface area contributed by atoms with Gasteiger partial charge in [0.2, 0.25) is 10.0 Å². The van der Waals surface area contributed by atoms with E-state index in [1.54, 1.807) is 0 Å². The molecular weight excluding hydrogens is 445 g/mol. The number of halogens is 4. The SMILES string of the molecule is O=C(Nc1cc(F)c(F)c(Cl)c1)c1ccc(Cl)c(S(=O)(=O)NC2CCCCC2)c1. The highest BCUT2D eigenvalue weighted by Gasteiger charge is 2.25. The lowest BCUT2D eigenvalue weighted by molar-refractivity contribution is 0.102. The first-order valence-corrected chi connectivity index (χ1v) is 11.2. The minimum Gasteiger partial charge on any atom is -0.322 e. The zero-order valence-corrected chi connectivity index (χ0v) is 17.5. The van der Waals surface area contributed by atoms with Gasteiger partial charge in [-0.1, -0.05) is 42.5 Å². The Morgan fingerprint density at radius 3 is 2.34 bits per heavy atom. The molecule has 0 bridgehead atoms. The second-order valence-electron chi connectivity index (χ2n) is 6.81. The van der Waals surface area contributed by atoms with Gasteiger partial charge in [-0.2, -0.15) is 0 Å². The first-order valence-electron chi connectivity index (χ1n) is 8.95. The van der Waals surface area contributed by atoms with Crippen molar-refractivity contribution in [3.63, 3.8) is 0 Å². The van der Waals surface area contributed by atoms with E-state index in [1.165, 1.54) is 12.1 Å². The third-order valence-corrected chi connectivity index (χ3v) is 6.93. The van der Waals surface area contributed by atoms with E-state index < -0.39 is 32.6 Å². The van der Waals surface area contributed by atoms with E-state index in [0.29, 0.717) is 0 Å². The maximum atomic E-state index is 13.5. The van der Waals surface area contributed by atoms with Gasteiger partial charge < -0.3 is 5.32 Å². The molecule has 10 heteroatoms. The molecule has 1 amide bonds. The lowest BCUT2D eigenvalue weighted by Crippen LogP contribution is -2.36. The number of rotatable bonds is 5. The van der Waals surface area contributed by atoms with Crippen molar-refractivity contribution in [3.8, 4) is 0 Å². The summed E-state index contributed by atoms with van der Waals surface area (Å²) in [6.45, 7) is 0. The highest BCUT2D eigenvalue weighted by atomic mass is 35.5. The first kappa shape index (κ1) is 22.0. The van der Waals surface area contributed by atoms with Crippen LogP contribution in [0.15, 0.2) is 35.2 Å². The third-order valence-electron chi connectivity index (χ3n) is 4.65. The lowest BCUT2D eigenvalue weighted by Gasteiger charge is -2.23. The highest BCUT2D eigenvalue weighted by molar-refractivity contribution is 7.89. The minimum absolute atomic E-state index is 0.0146. The van der Waals surface area contributed by atoms with Gasteiger partial charge in [-0.15, -0.1) is 0 Å². The molecule has 1 aliphatic rings. The Morgan fingerprint density at radius 2 is 1.69 bits per heavy atom. The van der Waals surface area contributed by atoms with Gasteiger partial charge in [0, 0.05) is 23.4 Å². The summed E-state index contributed by atoms with van der Waals surface area (Å²) in [4.78, 5) is 12.3. The topological polar surface area (TPSA) is 75.3 Å². The molecule has 5 nitrogen and oxygen atoms in total. The quantitative estimate of drug-likeness (QED) is 0.604. The summed E-state index contributed by atoms with van der Waals surface area (Å²) in [5, 5.41) is 1.84. The monoisotopic (exact) mass is 462 g/mol. The molecule has 1 aliphatic carbocycles. The van der Waals surface area contributed by atoms with Crippen LogP contribution in [0, 0.1) is 11.6 Å². The normalized spacial score (nSPS) is 15.3. The minimum atomic E-state index is -3.93. The van der Waals surface area contributed by atoms with Gasteiger partial charge in [-0.05, 0) is 37.1 Å². The Kier molecular flexibility index (Phi) is 6.78. The van der Waals surface area contributed by atoms with E-state index in [9.17, 15) is 22.0 Å². The van der Waals surface area contributed by atoms with Crippen LogP contribution in [0.5, 0.6) is 0 Å². The average molecular weight is 463 g/mol. The van der Waals surface area contributed by atoms with Crippen molar-refractivity contribution in [2.24, 2.45) is 0 Å². The number of hydrogen-bond donors (Lipinski definition) is 2. The van der Waals surface area contributed by atoms with Gasteiger partial charge >= 0.3 is 0 Å². The van der Waals surface area contributed by atoms with Crippen molar-refractivity contribution in [1.29, 1.82) is 0 Å². The number of anilines is 1. The number of amides is 1. The standard InChI is InChI=1S/C19H18Cl2F2N2O3S/c20-14-7-6-11(19(26)24-13-9-15(21)18(23)16(22)10-13)8-17(14)29(27,28)25-12-4-2-1-3-5-12/h6-10,12,25H,1-5H2,(H,24,26). The number of carbonyl (C=O) groups is 1. The summed E-state index contributed by atoms with van der Waals surface area (Å²) < 4.78 is 54.9. The molecule has 29 heavy (non-hydrogen) atoms. The van der Waals surface area contributed by atoms with Crippen LogP contribution in [0.1, 0.15) is 42.5 Å². The van der Waals surface area contributed by atoms with E-state index >= 15 is 0 Å². The predicted octanol–water partition coefficient (Wildman–Crippen LogP) is 5.13. The summed E-state index contributed by atoms with van der Waals surface area (Å²) in [6, 6.07) is 5.42. The van der Waals surface area contributed by atoms with Crippen molar-refractivity contribution < 1.29 is 22.0 Å². The molecule has 0 atom stereocenters. The van der Waals surface area contributed by atoms with Crippen LogP contribution in [0.25, 0.3) is 0 Å². The van der Waals surface area contributed by atoms with Crippen molar-refractivity contribution in [2.45, 2.75) is 43.0 Å². The van der Waals surface area contributed by atoms with E-state index in [0.717, 1.165) is 50.3 Å². The fourth-order valence-corrected chi connectivity index (χ4v) is 5.22. The first-order chi connectivity index (χ1) is 13.7. The second kappa shape index (κ2) is 8.95. The van der Waals surface area contributed by atoms with Crippen LogP contribution in [-0.4, -0.2) is 20.4 Å². The molecule has 3 rings (SSSR count). The van der Waals surface area contributed by atoms with Crippen LogP contribution < -0.4 is 10.0 Å². The Labute approximate surface area is 177 Å². The molecule has 1 saturated carbocycles. The molecule has 0 saturated heterocycles. The maximum absolute atomic E-state index is 13.5. The van der Waals surface area contributed by atoms with Crippen LogP contribution in [0.4, 0.5) is 14.5 Å². The summed E-state index contributed by atoms with van der Waals surface area (Å²) in [5.74, 6) is -3.17. The number of nitrogens with one attached hydrogen (secondary N) is 2. The summed E-state index contributed by atoms with van der Waals surface area (Å²) in [5.41, 5.74) is -0.0853. The number of carbonyl (C=O) groups excluding carboxylic acids is 1. The van der Waals surface area contributed by atoms with Crippen molar-refractivity contribution in [3.05, 3.63) is 57.6 Å². The van der Waals surface area contributed by atoms with Crippen LogP contribution in [-0.2, 0) is 10.0 Å². The predicted molar refractivity (Wildman–Crippen MR) is 108 cm³/mol. The highest BCUT2D eigenvalue weighted by Crippen LogP contribution is 2.27. The number of sulfonamides is 1. The maximum Gasteiger partial charge on any atom is 0.255 e. The van der Waals surface area contributed by atoms with E-state index in [1.807, 2.05) is 0 Å².